The van der Waals surface area contributed by atoms with E-state index in [4.69, 9.17) is 0 Å². The quantitative estimate of drug-likeness (QED) is 0.698. The molecule has 0 saturated heterocycles. The Morgan fingerprint density at radius 2 is 2.00 bits per heavy atom. The number of benzene rings is 1. The largest absolute Gasteiger partial charge is 0.298 e. The van der Waals surface area contributed by atoms with E-state index in [1.807, 2.05) is 54.1 Å². The molecule has 0 atom stereocenters. The molecule has 2 aromatic heterocycles. The van der Waals surface area contributed by atoms with Gasteiger partial charge in [-0.2, -0.15) is 0 Å². The Morgan fingerprint density at radius 1 is 1.18 bits per heavy atom. The summed E-state index contributed by atoms with van der Waals surface area (Å²) in [6.45, 7) is 2.04. The van der Waals surface area contributed by atoms with Crippen LogP contribution in [0.5, 0.6) is 0 Å². The molecule has 0 radical (unpaired) electrons. The van der Waals surface area contributed by atoms with Gasteiger partial charge in [0.2, 0.25) is 5.91 Å². The highest BCUT2D eigenvalue weighted by Gasteiger charge is 2.06. The van der Waals surface area contributed by atoms with Crippen molar-refractivity contribution in [3.63, 3.8) is 0 Å². The molecule has 0 aliphatic rings. The number of aryl methyl sites for hydroxylation is 1. The van der Waals surface area contributed by atoms with Crippen LogP contribution in [0.15, 0.2) is 53.2 Å². The Morgan fingerprint density at radius 3 is 2.73 bits per heavy atom. The number of rotatable bonds is 4. The molecule has 3 aromatic rings. The zero-order valence-corrected chi connectivity index (χ0v) is 13.6. The van der Waals surface area contributed by atoms with Crippen LogP contribution >= 0.6 is 22.7 Å². The fourth-order valence-electron chi connectivity index (χ4n) is 1.87. The van der Waals surface area contributed by atoms with Crippen LogP contribution in [0.1, 0.15) is 11.1 Å². The molecule has 0 aliphatic heterocycles. The molecule has 2 heterocycles. The second-order valence-corrected chi connectivity index (χ2v) is 6.55. The van der Waals surface area contributed by atoms with E-state index < -0.39 is 0 Å². The van der Waals surface area contributed by atoms with Crippen LogP contribution in [0.3, 0.4) is 0 Å². The van der Waals surface area contributed by atoms with Gasteiger partial charge < -0.3 is 0 Å². The number of hydrogen-bond acceptors (Lipinski definition) is 4. The SMILES string of the molecule is Cc1ccc(C=CC(=O)Nc2nc(-c3cccs3)cs2)cc1. The first-order valence-electron chi connectivity index (χ1n) is 6.76. The van der Waals surface area contributed by atoms with E-state index >= 15 is 0 Å². The lowest BCUT2D eigenvalue weighted by molar-refractivity contribution is -0.111. The van der Waals surface area contributed by atoms with Crippen LogP contribution in [0.2, 0.25) is 0 Å². The van der Waals surface area contributed by atoms with E-state index in [9.17, 15) is 4.79 Å². The predicted octanol–water partition coefficient (Wildman–Crippen LogP) is 4.83. The van der Waals surface area contributed by atoms with Crippen LogP contribution in [0.4, 0.5) is 5.13 Å². The first kappa shape index (κ1) is 14.7. The van der Waals surface area contributed by atoms with Crippen LogP contribution in [-0.2, 0) is 4.79 Å². The number of anilines is 1. The van der Waals surface area contributed by atoms with E-state index in [0.29, 0.717) is 5.13 Å². The Labute approximate surface area is 137 Å². The lowest BCUT2D eigenvalue weighted by Crippen LogP contribution is -2.07. The summed E-state index contributed by atoms with van der Waals surface area (Å²) in [5, 5.41) is 7.37. The first-order valence-corrected chi connectivity index (χ1v) is 8.52. The molecule has 110 valence electrons. The average molecular weight is 326 g/mol. The number of amides is 1. The fourth-order valence-corrected chi connectivity index (χ4v) is 3.34. The third-order valence-corrected chi connectivity index (χ3v) is 4.66. The second-order valence-electron chi connectivity index (χ2n) is 4.75. The van der Waals surface area contributed by atoms with Crippen molar-refractivity contribution < 1.29 is 4.79 Å². The smallest absolute Gasteiger partial charge is 0.250 e. The molecule has 1 aromatic carbocycles. The van der Waals surface area contributed by atoms with Gasteiger partial charge in [-0.3, -0.25) is 10.1 Å². The Bertz CT molecular complexity index is 786. The molecular weight excluding hydrogens is 312 g/mol. The molecule has 0 fully saturated rings. The summed E-state index contributed by atoms with van der Waals surface area (Å²) in [7, 11) is 0. The number of hydrogen-bond donors (Lipinski definition) is 1. The summed E-state index contributed by atoms with van der Waals surface area (Å²) in [4.78, 5) is 17.4. The van der Waals surface area contributed by atoms with Crippen molar-refractivity contribution in [2.75, 3.05) is 5.32 Å². The number of nitrogens with zero attached hydrogens (tertiary/aromatic N) is 1. The molecule has 3 rings (SSSR count). The number of carbonyl (C=O) groups is 1. The van der Waals surface area contributed by atoms with E-state index in [2.05, 4.69) is 10.3 Å². The van der Waals surface area contributed by atoms with Crippen LogP contribution in [0, 0.1) is 6.92 Å². The van der Waals surface area contributed by atoms with Crippen molar-refractivity contribution in [1.82, 2.24) is 4.98 Å². The van der Waals surface area contributed by atoms with Crippen LogP contribution in [-0.4, -0.2) is 10.9 Å². The molecule has 22 heavy (non-hydrogen) atoms. The van der Waals surface area contributed by atoms with E-state index in [1.165, 1.54) is 23.0 Å². The molecule has 5 heteroatoms. The van der Waals surface area contributed by atoms with Crippen molar-refractivity contribution in [2.45, 2.75) is 6.92 Å². The molecular formula is C17H14N2OS2. The van der Waals surface area contributed by atoms with Gasteiger partial charge in [0.1, 0.15) is 0 Å². The Hall–Kier alpha value is -2.24. The maximum Gasteiger partial charge on any atom is 0.250 e. The van der Waals surface area contributed by atoms with Crippen molar-refractivity contribution in [2.24, 2.45) is 0 Å². The van der Waals surface area contributed by atoms with Gasteiger partial charge >= 0.3 is 0 Å². The first-order chi connectivity index (χ1) is 10.7. The highest BCUT2D eigenvalue weighted by atomic mass is 32.1. The number of nitrogens with one attached hydrogen (secondary N) is 1. The minimum atomic E-state index is -0.173. The summed E-state index contributed by atoms with van der Waals surface area (Å²) in [6, 6.07) is 12.0. The molecule has 1 N–H and O–H groups in total. The molecule has 3 nitrogen and oxygen atoms in total. The van der Waals surface area contributed by atoms with E-state index in [-0.39, 0.29) is 5.91 Å². The normalized spacial score (nSPS) is 11.0. The van der Waals surface area contributed by atoms with Crippen molar-refractivity contribution in [3.8, 4) is 10.6 Å². The zero-order valence-electron chi connectivity index (χ0n) is 11.9. The maximum atomic E-state index is 11.9. The molecule has 0 saturated carbocycles. The summed E-state index contributed by atoms with van der Waals surface area (Å²) >= 11 is 3.06. The lowest BCUT2D eigenvalue weighted by atomic mass is 10.1. The predicted molar refractivity (Wildman–Crippen MR) is 94.3 cm³/mol. The Kier molecular flexibility index (Phi) is 4.46. The average Bonchev–Trinajstić information content (AvgIpc) is 3.17. The summed E-state index contributed by atoms with van der Waals surface area (Å²) in [5.74, 6) is -0.173. The third-order valence-electron chi connectivity index (χ3n) is 3.01. The standard InChI is InChI=1S/C17H14N2OS2/c1-12-4-6-13(7-5-12)8-9-16(20)19-17-18-14(11-22-17)15-3-2-10-21-15/h2-11H,1H3,(H,18,19,20). The lowest BCUT2D eigenvalue weighted by Gasteiger charge is -1.97. The van der Waals surface area contributed by atoms with E-state index in [1.54, 1.807) is 17.4 Å². The van der Waals surface area contributed by atoms with Gasteiger partial charge in [0.25, 0.3) is 0 Å². The number of thiazole rings is 1. The van der Waals surface area contributed by atoms with Gasteiger partial charge in [0.15, 0.2) is 5.13 Å². The van der Waals surface area contributed by atoms with Crippen LogP contribution in [0.25, 0.3) is 16.6 Å². The maximum absolute atomic E-state index is 11.9. The van der Waals surface area contributed by atoms with Gasteiger partial charge in [0.05, 0.1) is 10.6 Å². The summed E-state index contributed by atoms with van der Waals surface area (Å²) < 4.78 is 0. The van der Waals surface area contributed by atoms with Gasteiger partial charge in [-0.05, 0) is 30.0 Å². The molecule has 0 aliphatic carbocycles. The minimum absolute atomic E-state index is 0.173. The summed E-state index contributed by atoms with van der Waals surface area (Å²) in [5.41, 5.74) is 3.10. The van der Waals surface area contributed by atoms with Crippen molar-refractivity contribution in [1.29, 1.82) is 0 Å². The molecule has 1 amide bonds. The highest BCUT2D eigenvalue weighted by molar-refractivity contribution is 7.16. The topological polar surface area (TPSA) is 42.0 Å². The van der Waals surface area contributed by atoms with Crippen LogP contribution < -0.4 is 5.32 Å². The number of carbonyl (C=O) groups excluding carboxylic acids is 1. The number of thiophene rings is 1. The molecule has 0 spiro atoms. The molecule has 0 unspecified atom stereocenters. The van der Waals surface area contributed by atoms with Gasteiger partial charge in [-0.25, -0.2) is 4.98 Å². The van der Waals surface area contributed by atoms with E-state index in [0.717, 1.165) is 16.1 Å². The third kappa shape index (κ3) is 3.69. The van der Waals surface area contributed by atoms with Gasteiger partial charge in [0, 0.05) is 11.5 Å². The Balaban J connectivity index is 1.63. The highest BCUT2D eigenvalue weighted by Crippen LogP contribution is 2.28. The van der Waals surface area contributed by atoms with Crippen molar-refractivity contribution >= 4 is 39.8 Å². The van der Waals surface area contributed by atoms with Gasteiger partial charge in [-0.1, -0.05) is 35.9 Å². The molecule has 0 bridgehead atoms. The minimum Gasteiger partial charge on any atom is -0.298 e. The second kappa shape index (κ2) is 6.68. The number of aromatic nitrogens is 1. The summed E-state index contributed by atoms with van der Waals surface area (Å²) in [6.07, 6.45) is 3.32. The van der Waals surface area contributed by atoms with Gasteiger partial charge in [-0.15, -0.1) is 22.7 Å². The fraction of sp³-hybridized carbons (Fsp3) is 0.0588. The monoisotopic (exact) mass is 326 g/mol. The zero-order chi connectivity index (χ0) is 15.4. The van der Waals surface area contributed by atoms with Crippen molar-refractivity contribution in [3.05, 3.63) is 64.4 Å².